The molecule has 0 aliphatic carbocycles. The molecular weight excluding hydrogens is 290 g/mol. The van der Waals surface area contributed by atoms with Crippen molar-refractivity contribution >= 4 is 17.6 Å². The number of carbonyl (C=O) groups is 2. The van der Waals surface area contributed by atoms with Crippen molar-refractivity contribution in [2.45, 2.75) is 12.8 Å². The summed E-state index contributed by atoms with van der Waals surface area (Å²) >= 11 is 0. The van der Waals surface area contributed by atoms with Gasteiger partial charge in [-0.3, -0.25) is 14.6 Å². The molecule has 0 radical (unpaired) electrons. The number of pyridine rings is 1. The summed E-state index contributed by atoms with van der Waals surface area (Å²) in [4.78, 5) is 30.5. The lowest BCUT2D eigenvalue weighted by atomic mass is 10.1. The Labute approximate surface area is 124 Å². The third kappa shape index (κ3) is 2.82. The maximum absolute atomic E-state index is 11.6. The Morgan fingerprint density at radius 2 is 2.27 bits per heavy atom. The van der Waals surface area contributed by atoms with Crippen molar-refractivity contribution in [3.8, 4) is 11.4 Å². The van der Waals surface area contributed by atoms with E-state index in [9.17, 15) is 9.59 Å². The lowest BCUT2D eigenvalue weighted by Gasteiger charge is -2.20. The van der Waals surface area contributed by atoms with E-state index in [1.54, 1.807) is 24.5 Å². The number of aromatic nitrogens is 3. The Morgan fingerprint density at radius 3 is 3.00 bits per heavy atom. The molecule has 1 N–H and O–H groups in total. The van der Waals surface area contributed by atoms with Gasteiger partial charge in [-0.2, -0.15) is 10.1 Å². The number of hydrogen-bond acceptors (Lipinski definition) is 7. The lowest BCUT2D eigenvalue weighted by Crippen LogP contribution is -2.35. The van der Waals surface area contributed by atoms with Crippen molar-refractivity contribution in [1.82, 2.24) is 20.1 Å². The summed E-state index contributed by atoms with van der Waals surface area (Å²) in [5.41, 5.74) is 1.08. The van der Waals surface area contributed by atoms with E-state index >= 15 is 0 Å². The molecule has 112 valence electrons. The van der Waals surface area contributed by atoms with Crippen LogP contribution in [0.4, 0.5) is 0 Å². The number of hydrazone groups is 1. The molecule has 3 rings (SSSR count). The fourth-order valence-electron chi connectivity index (χ4n) is 1.96. The lowest BCUT2D eigenvalue weighted by molar-refractivity contribution is -0.144. The first kappa shape index (κ1) is 13.9. The maximum Gasteiger partial charge on any atom is 0.325 e. The Bertz CT molecular complexity index is 740. The van der Waals surface area contributed by atoms with Gasteiger partial charge in [-0.15, -0.1) is 0 Å². The summed E-state index contributed by atoms with van der Waals surface area (Å²) in [6.45, 7) is -0.494. The van der Waals surface area contributed by atoms with Gasteiger partial charge in [0.05, 0.1) is 0 Å². The Balaban J connectivity index is 1.86. The van der Waals surface area contributed by atoms with Gasteiger partial charge in [-0.1, -0.05) is 5.16 Å². The second kappa shape index (κ2) is 5.72. The van der Waals surface area contributed by atoms with Crippen LogP contribution >= 0.6 is 0 Å². The van der Waals surface area contributed by atoms with Crippen molar-refractivity contribution in [2.75, 3.05) is 6.54 Å². The van der Waals surface area contributed by atoms with E-state index in [0.717, 1.165) is 5.01 Å². The number of carbonyl (C=O) groups excluding carboxylic acids is 1. The molecule has 1 aliphatic heterocycles. The standard InChI is InChI=1S/C13H11N5O4/c19-10-4-3-9(16-18(10)7-11(20)21)13-15-12(17-22-13)8-2-1-5-14-6-8/h1-2,5-6H,3-4,7H2,(H,20,21). The molecule has 2 aromatic rings. The molecule has 1 aliphatic rings. The fraction of sp³-hybridized carbons (Fsp3) is 0.231. The van der Waals surface area contributed by atoms with Crippen molar-refractivity contribution in [2.24, 2.45) is 5.10 Å². The van der Waals surface area contributed by atoms with Gasteiger partial charge in [0.15, 0.2) is 0 Å². The molecule has 0 saturated carbocycles. The van der Waals surface area contributed by atoms with Crippen LogP contribution in [-0.2, 0) is 9.59 Å². The van der Waals surface area contributed by atoms with E-state index in [1.165, 1.54) is 0 Å². The summed E-state index contributed by atoms with van der Waals surface area (Å²) in [7, 11) is 0. The summed E-state index contributed by atoms with van der Waals surface area (Å²) in [5, 5.41) is 17.5. The van der Waals surface area contributed by atoms with Crippen molar-refractivity contribution in [1.29, 1.82) is 0 Å². The second-order valence-corrected chi connectivity index (χ2v) is 4.56. The van der Waals surface area contributed by atoms with Crippen LogP contribution in [0.2, 0.25) is 0 Å². The zero-order valence-corrected chi connectivity index (χ0v) is 11.3. The number of carboxylic acids is 1. The zero-order valence-electron chi connectivity index (χ0n) is 11.3. The van der Waals surface area contributed by atoms with Gasteiger partial charge in [0.1, 0.15) is 12.3 Å². The zero-order chi connectivity index (χ0) is 15.5. The minimum atomic E-state index is -1.14. The van der Waals surface area contributed by atoms with Crippen molar-refractivity contribution in [3.05, 3.63) is 30.4 Å². The largest absolute Gasteiger partial charge is 0.480 e. The smallest absolute Gasteiger partial charge is 0.325 e. The molecule has 0 aromatic carbocycles. The summed E-state index contributed by atoms with van der Waals surface area (Å²) in [5.74, 6) is -0.965. The van der Waals surface area contributed by atoms with Crippen LogP contribution in [0, 0.1) is 0 Å². The summed E-state index contributed by atoms with van der Waals surface area (Å²) < 4.78 is 5.14. The number of hydrogen-bond donors (Lipinski definition) is 1. The first-order valence-electron chi connectivity index (χ1n) is 6.47. The Morgan fingerprint density at radius 1 is 1.41 bits per heavy atom. The summed E-state index contributed by atoms with van der Waals surface area (Å²) in [6, 6.07) is 3.53. The second-order valence-electron chi connectivity index (χ2n) is 4.56. The van der Waals surface area contributed by atoms with E-state index in [-0.39, 0.29) is 18.2 Å². The topological polar surface area (TPSA) is 122 Å². The monoisotopic (exact) mass is 301 g/mol. The Hall–Kier alpha value is -3.10. The predicted octanol–water partition coefficient (Wildman–Crippen LogP) is 0.543. The highest BCUT2D eigenvalue weighted by Crippen LogP contribution is 2.18. The highest BCUT2D eigenvalue weighted by molar-refractivity contribution is 6.01. The molecule has 0 atom stereocenters. The van der Waals surface area contributed by atoms with Crippen LogP contribution in [-0.4, -0.2) is 49.4 Å². The van der Waals surface area contributed by atoms with Crippen LogP contribution in [0.25, 0.3) is 11.4 Å². The van der Waals surface area contributed by atoms with Gasteiger partial charge in [-0.25, -0.2) is 5.01 Å². The molecule has 3 heterocycles. The van der Waals surface area contributed by atoms with Crippen LogP contribution in [0.3, 0.4) is 0 Å². The minimum absolute atomic E-state index is 0.150. The molecule has 0 spiro atoms. The number of carboxylic acid groups (broad SMARTS) is 1. The quantitative estimate of drug-likeness (QED) is 0.874. The van der Waals surface area contributed by atoms with E-state index < -0.39 is 12.5 Å². The van der Waals surface area contributed by atoms with Crippen LogP contribution in [0.15, 0.2) is 34.2 Å². The fourth-order valence-corrected chi connectivity index (χ4v) is 1.96. The molecule has 22 heavy (non-hydrogen) atoms. The van der Waals surface area contributed by atoms with Gasteiger partial charge in [0, 0.05) is 30.8 Å². The predicted molar refractivity (Wildman–Crippen MR) is 72.6 cm³/mol. The molecule has 0 unspecified atom stereocenters. The molecule has 0 fully saturated rings. The number of nitrogens with zero attached hydrogens (tertiary/aromatic N) is 5. The van der Waals surface area contributed by atoms with E-state index in [4.69, 9.17) is 9.63 Å². The third-order valence-electron chi connectivity index (χ3n) is 2.98. The number of rotatable bonds is 4. The molecular formula is C13H11N5O4. The normalized spacial score (nSPS) is 14.8. The highest BCUT2D eigenvalue weighted by Gasteiger charge is 2.26. The molecule has 2 aromatic heterocycles. The van der Waals surface area contributed by atoms with Crippen molar-refractivity contribution < 1.29 is 19.2 Å². The summed E-state index contributed by atoms with van der Waals surface area (Å²) in [6.07, 6.45) is 3.70. The van der Waals surface area contributed by atoms with Crippen LogP contribution in [0.5, 0.6) is 0 Å². The molecule has 0 saturated heterocycles. The average molecular weight is 301 g/mol. The first-order chi connectivity index (χ1) is 10.6. The maximum atomic E-state index is 11.6. The molecule has 9 nitrogen and oxygen atoms in total. The highest BCUT2D eigenvalue weighted by atomic mass is 16.5. The van der Waals surface area contributed by atoms with Gasteiger partial charge in [0.25, 0.3) is 5.89 Å². The Kier molecular flexibility index (Phi) is 3.60. The van der Waals surface area contributed by atoms with Crippen LogP contribution in [0.1, 0.15) is 18.7 Å². The van der Waals surface area contributed by atoms with Gasteiger partial charge in [-0.05, 0) is 12.1 Å². The first-order valence-corrected chi connectivity index (χ1v) is 6.47. The van der Waals surface area contributed by atoms with Crippen LogP contribution < -0.4 is 0 Å². The third-order valence-corrected chi connectivity index (χ3v) is 2.98. The van der Waals surface area contributed by atoms with E-state index in [1.807, 2.05) is 0 Å². The SMILES string of the molecule is O=C(O)CN1N=C(c2nc(-c3cccnc3)no2)CCC1=O. The number of aliphatic carboxylic acids is 1. The number of amides is 1. The molecule has 0 bridgehead atoms. The van der Waals surface area contributed by atoms with Gasteiger partial charge < -0.3 is 9.63 Å². The van der Waals surface area contributed by atoms with Crippen molar-refractivity contribution in [3.63, 3.8) is 0 Å². The molecule has 9 heteroatoms. The molecule has 1 amide bonds. The minimum Gasteiger partial charge on any atom is -0.480 e. The van der Waals surface area contributed by atoms with Gasteiger partial charge >= 0.3 is 5.97 Å². The van der Waals surface area contributed by atoms with Gasteiger partial charge in [0.2, 0.25) is 11.7 Å². The van der Waals surface area contributed by atoms with E-state index in [2.05, 4.69) is 20.2 Å². The van der Waals surface area contributed by atoms with E-state index in [0.29, 0.717) is 23.5 Å². The average Bonchev–Trinajstić information content (AvgIpc) is 3.00.